The van der Waals surface area contributed by atoms with Gasteiger partial charge in [-0.2, -0.15) is 0 Å². The molecule has 4 heteroatoms. The van der Waals surface area contributed by atoms with Gasteiger partial charge in [-0.25, -0.2) is 0 Å². The monoisotopic (exact) mass is 296 g/mol. The molecular weight excluding hydrogens is 280 g/mol. The predicted molar refractivity (Wildman–Crippen MR) is 72.1 cm³/mol. The highest BCUT2D eigenvalue weighted by Gasteiger charge is 2.23. The molecule has 1 saturated heterocycles. The zero-order chi connectivity index (χ0) is 12.3. The summed E-state index contributed by atoms with van der Waals surface area (Å²) in [7, 11) is 0. The average molecular weight is 297 g/mol. The van der Waals surface area contributed by atoms with Gasteiger partial charge in [0, 0.05) is 16.6 Å². The van der Waals surface area contributed by atoms with E-state index in [-0.39, 0.29) is 11.9 Å². The summed E-state index contributed by atoms with van der Waals surface area (Å²) >= 11 is 3.40. The van der Waals surface area contributed by atoms with Crippen molar-refractivity contribution in [1.82, 2.24) is 10.6 Å². The maximum Gasteiger partial charge on any atom is 0.252 e. The van der Waals surface area contributed by atoms with E-state index in [1.165, 1.54) is 0 Å². The largest absolute Gasteiger partial charge is 0.348 e. The minimum Gasteiger partial charge on any atom is -0.348 e. The number of benzene rings is 1. The number of amides is 1. The summed E-state index contributed by atoms with van der Waals surface area (Å²) < 4.78 is 0.842. The summed E-state index contributed by atoms with van der Waals surface area (Å²) in [5.41, 5.74) is 0.699. The number of carbonyl (C=O) groups excluding carboxylic acids is 1. The molecule has 2 N–H and O–H groups in total. The van der Waals surface area contributed by atoms with Crippen LogP contribution in [0.5, 0.6) is 0 Å². The maximum atomic E-state index is 12.1. The molecule has 0 saturated carbocycles. The van der Waals surface area contributed by atoms with Crippen molar-refractivity contribution in [2.24, 2.45) is 0 Å². The zero-order valence-electron chi connectivity index (χ0n) is 9.87. The molecule has 2 rings (SSSR count). The maximum absolute atomic E-state index is 12.1. The molecule has 0 spiro atoms. The van der Waals surface area contributed by atoms with E-state index in [0.29, 0.717) is 11.6 Å². The van der Waals surface area contributed by atoms with Crippen LogP contribution in [-0.2, 0) is 0 Å². The SMILES string of the molecule is CC1NCCCC1NC(=O)c1ccccc1Br. The lowest BCUT2D eigenvalue weighted by atomic mass is 9.99. The Balaban J connectivity index is 2.04. The van der Waals surface area contributed by atoms with E-state index in [1.807, 2.05) is 24.3 Å². The van der Waals surface area contributed by atoms with Gasteiger partial charge in [-0.3, -0.25) is 4.79 Å². The van der Waals surface area contributed by atoms with Crippen LogP contribution in [0.2, 0.25) is 0 Å². The second-order valence-electron chi connectivity index (χ2n) is 4.44. The Morgan fingerprint density at radius 3 is 2.94 bits per heavy atom. The summed E-state index contributed by atoms with van der Waals surface area (Å²) in [5, 5.41) is 6.47. The molecule has 1 aliphatic rings. The van der Waals surface area contributed by atoms with Crippen molar-refractivity contribution in [1.29, 1.82) is 0 Å². The van der Waals surface area contributed by atoms with Crippen molar-refractivity contribution >= 4 is 21.8 Å². The summed E-state index contributed by atoms with van der Waals surface area (Å²) in [6.45, 7) is 3.16. The number of rotatable bonds is 2. The molecule has 1 aliphatic heterocycles. The van der Waals surface area contributed by atoms with Crippen LogP contribution in [0.15, 0.2) is 28.7 Å². The molecule has 0 radical (unpaired) electrons. The molecule has 1 amide bonds. The third kappa shape index (κ3) is 3.07. The van der Waals surface area contributed by atoms with E-state index in [1.54, 1.807) is 0 Å². The van der Waals surface area contributed by atoms with Crippen LogP contribution in [0.1, 0.15) is 30.1 Å². The first kappa shape index (κ1) is 12.6. The first-order valence-electron chi connectivity index (χ1n) is 5.97. The van der Waals surface area contributed by atoms with Gasteiger partial charge in [0.15, 0.2) is 0 Å². The number of piperidine rings is 1. The minimum atomic E-state index is -0.00183. The number of nitrogens with one attached hydrogen (secondary N) is 2. The summed E-state index contributed by atoms with van der Waals surface area (Å²) in [5.74, 6) is -0.00183. The topological polar surface area (TPSA) is 41.1 Å². The van der Waals surface area contributed by atoms with Crippen molar-refractivity contribution in [3.8, 4) is 0 Å². The van der Waals surface area contributed by atoms with Gasteiger partial charge in [0.05, 0.1) is 5.56 Å². The fourth-order valence-corrected chi connectivity index (χ4v) is 2.60. The van der Waals surface area contributed by atoms with Crippen LogP contribution in [0.25, 0.3) is 0 Å². The molecule has 92 valence electrons. The van der Waals surface area contributed by atoms with Crippen LogP contribution < -0.4 is 10.6 Å². The van der Waals surface area contributed by atoms with Gasteiger partial charge in [-0.05, 0) is 54.4 Å². The van der Waals surface area contributed by atoms with Crippen molar-refractivity contribution in [3.63, 3.8) is 0 Å². The van der Waals surface area contributed by atoms with Gasteiger partial charge in [0.2, 0.25) is 0 Å². The summed E-state index contributed by atoms with van der Waals surface area (Å²) in [6, 6.07) is 8.07. The standard InChI is InChI=1S/C13H17BrN2O/c1-9-12(7-4-8-15-9)16-13(17)10-5-2-3-6-11(10)14/h2-3,5-6,9,12,15H,4,7-8H2,1H3,(H,16,17). The first-order chi connectivity index (χ1) is 8.18. The van der Waals surface area contributed by atoms with Gasteiger partial charge in [0.25, 0.3) is 5.91 Å². The van der Waals surface area contributed by atoms with E-state index >= 15 is 0 Å². The number of carbonyl (C=O) groups is 1. The molecular formula is C13H17BrN2O. The molecule has 1 heterocycles. The number of hydrogen-bond donors (Lipinski definition) is 2. The summed E-state index contributed by atoms with van der Waals surface area (Å²) in [4.78, 5) is 12.1. The quantitative estimate of drug-likeness (QED) is 0.879. The molecule has 1 fully saturated rings. The molecule has 1 aromatic rings. The third-order valence-electron chi connectivity index (χ3n) is 3.20. The van der Waals surface area contributed by atoms with Crippen molar-refractivity contribution in [2.75, 3.05) is 6.54 Å². The molecule has 17 heavy (non-hydrogen) atoms. The fourth-order valence-electron chi connectivity index (χ4n) is 2.13. The fraction of sp³-hybridized carbons (Fsp3) is 0.462. The Hall–Kier alpha value is -0.870. The van der Waals surface area contributed by atoms with E-state index in [2.05, 4.69) is 33.5 Å². The van der Waals surface area contributed by atoms with Gasteiger partial charge < -0.3 is 10.6 Å². The molecule has 0 aromatic heterocycles. The molecule has 2 unspecified atom stereocenters. The summed E-state index contributed by atoms with van der Waals surface area (Å²) in [6.07, 6.45) is 2.16. The Labute approximate surface area is 110 Å². The van der Waals surface area contributed by atoms with E-state index < -0.39 is 0 Å². The van der Waals surface area contributed by atoms with Gasteiger partial charge in [-0.15, -0.1) is 0 Å². The van der Waals surface area contributed by atoms with Crippen LogP contribution in [0.3, 0.4) is 0 Å². The zero-order valence-corrected chi connectivity index (χ0v) is 11.5. The van der Waals surface area contributed by atoms with Crippen LogP contribution >= 0.6 is 15.9 Å². The van der Waals surface area contributed by atoms with E-state index in [4.69, 9.17) is 0 Å². The normalized spacial score (nSPS) is 24.4. The lowest BCUT2D eigenvalue weighted by Crippen LogP contribution is -2.51. The molecule has 1 aromatic carbocycles. The lowest BCUT2D eigenvalue weighted by molar-refractivity contribution is 0.0919. The number of hydrogen-bond acceptors (Lipinski definition) is 2. The van der Waals surface area contributed by atoms with Crippen molar-refractivity contribution in [3.05, 3.63) is 34.3 Å². The Bertz CT molecular complexity index is 408. The second-order valence-corrected chi connectivity index (χ2v) is 5.30. The van der Waals surface area contributed by atoms with Gasteiger partial charge >= 0.3 is 0 Å². The first-order valence-corrected chi connectivity index (χ1v) is 6.76. The third-order valence-corrected chi connectivity index (χ3v) is 3.89. The lowest BCUT2D eigenvalue weighted by Gasteiger charge is -2.30. The van der Waals surface area contributed by atoms with Gasteiger partial charge in [0.1, 0.15) is 0 Å². The van der Waals surface area contributed by atoms with E-state index in [9.17, 15) is 4.79 Å². The smallest absolute Gasteiger partial charge is 0.252 e. The van der Waals surface area contributed by atoms with Crippen LogP contribution in [0.4, 0.5) is 0 Å². The highest BCUT2D eigenvalue weighted by atomic mass is 79.9. The Morgan fingerprint density at radius 2 is 2.24 bits per heavy atom. The van der Waals surface area contributed by atoms with Crippen molar-refractivity contribution < 1.29 is 4.79 Å². The van der Waals surface area contributed by atoms with Gasteiger partial charge in [-0.1, -0.05) is 12.1 Å². The van der Waals surface area contributed by atoms with Crippen molar-refractivity contribution in [2.45, 2.75) is 31.8 Å². The molecule has 0 aliphatic carbocycles. The minimum absolute atomic E-state index is 0.00183. The average Bonchev–Trinajstić information content (AvgIpc) is 2.32. The second kappa shape index (κ2) is 5.65. The van der Waals surface area contributed by atoms with E-state index in [0.717, 1.165) is 23.9 Å². The Kier molecular flexibility index (Phi) is 4.18. The molecule has 0 bridgehead atoms. The predicted octanol–water partition coefficient (Wildman–Crippen LogP) is 2.32. The highest BCUT2D eigenvalue weighted by molar-refractivity contribution is 9.10. The highest BCUT2D eigenvalue weighted by Crippen LogP contribution is 2.17. The number of halogens is 1. The molecule has 2 atom stereocenters. The van der Waals surface area contributed by atoms with Crippen LogP contribution in [0, 0.1) is 0 Å². The Morgan fingerprint density at radius 1 is 1.47 bits per heavy atom. The van der Waals surface area contributed by atoms with Crippen LogP contribution in [-0.4, -0.2) is 24.5 Å². The molecule has 3 nitrogen and oxygen atoms in total.